The van der Waals surface area contributed by atoms with Crippen molar-refractivity contribution in [3.63, 3.8) is 0 Å². The van der Waals surface area contributed by atoms with Crippen LogP contribution in [0.3, 0.4) is 0 Å². The highest BCUT2D eigenvalue weighted by Crippen LogP contribution is 2.11. The Morgan fingerprint density at radius 1 is 1.47 bits per heavy atom. The summed E-state index contributed by atoms with van der Waals surface area (Å²) in [6.07, 6.45) is 6.05. The molecule has 2 aromatic heterocycles. The van der Waals surface area contributed by atoms with Gasteiger partial charge in [-0.3, -0.25) is 0 Å². The van der Waals surface area contributed by atoms with Crippen LogP contribution < -0.4 is 5.73 Å². The largest absolute Gasteiger partial charge is 0.330 e. The van der Waals surface area contributed by atoms with Gasteiger partial charge in [0.2, 0.25) is 0 Å². The Balaban J connectivity index is 2.33. The third-order valence-corrected chi connectivity index (χ3v) is 2.52. The molecule has 0 aromatic carbocycles. The van der Waals surface area contributed by atoms with Crippen LogP contribution >= 0.6 is 0 Å². The van der Waals surface area contributed by atoms with E-state index in [4.69, 9.17) is 11.0 Å². The van der Waals surface area contributed by atoms with Crippen LogP contribution in [0.5, 0.6) is 0 Å². The maximum absolute atomic E-state index is 8.83. The molecule has 0 saturated heterocycles. The second-order valence-corrected chi connectivity index (χ2v) is 3.80. The van der Waals surface area contributed by atoms with Crippen molar-refractivity contribution in [1.82, 2.24) is 14.8 Å². The van der Waals surface area contributed by atoms with Crippen molar-refractivity contribution in [2.24, 2.45) is 5.73 Å². The molecule has 0 atom stereocenters. The normalized spacial score (nSPS) is 10.2. The Kier molecular flexibility index (Phi) is 3.17. The lowest BCUT2D eigenvalue weighted by Crippen LogP contribution is -2.02. The van der Waals surface area contributed by atoms with Crippen LogP contribution in [0.1, 0.15) is 16.7 Å². The molecule has 0 aliphatic heterocycles. The summed E-state index contributed by atoms with van der Waals surface area (Å²) in [5, 5.41) is 13.0. The fourth-order valence-electron chi connectivity index (χ4n) is 1.56. The van der Waals surface area contributed by atoms with Gasteiger partial charge in [-0.25, -0.2) is 9.67 Å². The van der Waals surface area contributed by atoms with Crippen LogP contribution in [0.25, 0.3) is 5.82 Å². The molecule has 0 aliphatic rings. The number of nitrogens with zero attached hydrogens (tertiary/aromatic N) is 4. The van der Waals surface area contributed by atoms with Gasteiger partial charge in [-0.2, -0.15) is 10.4 Å². The van der Waals surface area contributed by atoms with Crippen molar-refractivity contribution in [3.05, 3.63) is 41.3 Å². The zero-order valence-corrected chi connectivity index (χ0v) is 9.59. The van der Waals surface area contributed by atoms with Crippen LogP contribution in [0.4, 0.5) is 0 Å². The molecule has 17 heavy (non-hydrogen) atoms. The first-order valence-electron chi connectivity index (χ1n) is 5.35. The number of aromatic nitrogens is 3. The molecule has 0 amide bonds. The smallest absolute Gasteiger partial charge is 0.153 e. The van der Waals surface area contributed by atoms with Crippen LogP contribution in [0.2, 0.25) is 0 Å². The minimum absolute atomic E-state index is 0.586. The van der Waals surface area contributed by atoms with Crippen LogP contribution in [0, 0.1) is 18.3 Å². The molecule has 5 heteroatoms. The van der Waals surface area contributed by atoms with Gasteiger partial charge in [-0.05, 0) is 37.1 Å². The van der Waals surface area contributed by atoms with Crippen molar-refractivity contribution in [2.45, 2.75) is 13.3 Å². The van der Waals surface area contributed by atoms with E-state index < -0.39 is 0 Å². The highest BCUT2D eigenvalue weighted by molar-refractivity contribution is 5.39. The van der Waals surface area contributed by atoms with Gasteiger partial charge >= 0.3 is 0 Å². The molecule has 5 nitrogen and oxygen atoms in total. The summed E-state index contributed by atoms with van der Waals surface area (Å²) in [5.41, 5.74) is 8.04. The molecule has 0 spiro atoms. The molecule has 2 rings (SSSR count). The minimum Gasteiger partial charge on any atom is -0.330 e. The van der Waals surface area contributed by atoms with Crippen molar-refractivity contribution >= 4 is 0 Å². The zero-order chi connectivity index (χ0) is 12.3. The van der Waals surface area contributed by atoms with Gasteiger partial charge in [0.15, 0.2) is 5.82 Å². The first-order valence-corrected chi connectivity index (χ1v) is 5.35. The third-order valence-electron chi connectivity index (χ3n) is 2.52. The van der Waals surface area contributed by atoms with Crippen molar-refractivity contribution in [2.75, 3.05) is 6.54 Å². The molecular formula is C12H13N5. The highest BCUT2D eigenvalue weighted by atomic mass is 15.3. The molecule has 0 saturated carbocycles. The standard InChI is InChI=1S/C12H13N5/c1-9-4-12(15-7-11(9)5-14)17-8-10(2-3-13)6-16-17/h4,6-8H,2-3,13H2,1H3. The Morgan fingerprint density at radius 2 is 2.29 bits per heavy atom. The van der Waals surface area contributed by atoms with Gasteiger partial charge in [0, 0.05) is 12.4 Å². The van der Waals surface area contributed by atoms with E-state index in [2.05, 4.69) is 16.2 Å². The summed E-state index contributed by atoms with van der Waals surface area (Å²) in [6, 6.07) is 3.94. The molecule has 2 N–H and O–H groups in total. The van der Waals surface area contributed by atoms with E-state index in [1.165, 1.54) is 0 Å². The molecular weight excluding hydrogens is 214 g/mol. The lowest BCUT2D eigenvalue weighted by molar-refractivity contribution is 0.843. The van der Waals surface area contributed by atoms with Crippen LogP contribution in [0.15, 0.2) is 24.7 Å². The van der Waals surface area contributed by atoms with E-state index in [-0.39, 0.29) is 0 Å². The van der Waals surface area contributed by atoms with Gasteiger partial charge < -0.3 is 5.73 Å². The van der Waals surface area contributed by atoms with E-state index >= 15 is 0 Å². The molecule has 0 radical (unpaired) electrons. The second-order valence-electron chi connectivity index (χ2n) is 3.80. The van der Waals surface area contributed by atoms with Crippen LogP contribution in [-0.2, 0) is 6.42 Å². The number of hydrogen-bond acceptors (Lipinski definition) is 4. The zero-order valence-electron chi connectivity index (χ0n) is 9.59. The van der Waals surface area contributed by atoms with Crippen LogP contribution in [-0.4, -0.2) is 21.3 Å². The summed E-state index contributed by atoms with van der Waals surface area (Å²) in [6.45, 7) is 2.49. The number of hydrogen-bond donors (Lipinski definition) is 1. The second kappa shape index (κ2) is 4.76. The molecule has 2 aromatic rings. The number of nitrogens with two attached hydrogens (primary N) is 1. The Labute approximate surface area is 99.5 Å². The molecule has 0 bridgehead atoms. The molecule has 0 unspecified atom stereocenters. The Bertz CT molecular complexity index is 565. The summed E-state index contributed by atoms with van der Waals surface area (Å²) < 4.78 is 1.69. The summed E-state index contributed by atoms with van der Waals surface area (Å²) in [4.78, 5) is 4.20. The maximum atomic E-state index is 8.83. The first kappa shape index (κ1) is 11.3. The molecule has 86 valence electrons. The number of rotatable bonds is 3. The van der Waals surface area contributed by atoms with Crippen molar-refractivity contribution in [1.29, 1.82) is 5.26 Å². The first-order chi connectivity index (χ1) is 8.24. The lowest BCUT2D eigenvalue weighted by atomic mass is 10.2. The predicted molar refractivity (Wildman–Crippen MR) is 63.6 cm³/mol. The number of pyridine rings is 1. The fraction of sp³-hybridized carbons (Fsp3) is 0.250. The van der Waals surface area contributed by atoms with Gasteiger partial charge in [0.05, 0.1) is 11.8 Å². The third kappa shape index (κ3) is 2.32. The summed E-state index contributed by atoms with van der Waals surface area (Å²) in [5.74, 6) is 0.713. The average molecular weight is 227 g/mol. The van der Waals surface area contributed by atoms with Gasteiger partial charge in [0.25, 0.3) is 0 Å². The molecule has 0 aliphatic carbocycles. The number of aryl methyl sites for hydroxylation is 1. The summed E-state index contributed by atoms with van der Waals surface area (Å²) in [7, 11) is 0. The van der Waals surface area contributed by atoms with Crippen molar-refractivity contribution in [3.8, 4) is 11.9 Å². The SMILES string of the molecule is Cc1cc(-n2cc(CCN)cn2)ncc1C#N. The van der Waals surface area contributed by atoms with E-state index in [9.17, 15) is 0 Å². The van der Waals surface area contributed by atoms with E-state index in [0.29, 0.717) is 17.9 Å². The van der Waals surface area contributed by atoms with Gasteiger partial charge in [-0.1, -0.05) is 0 Å². The summed E-state index contributed by atoms with van der Waals surface area (Å²) >= 11 is 0. The molecule has 2 heterocycles. The maximum Gasteiger partial charge on any atom is 0.153 e. The highest BCUT2D eigenvalue weighted by Gasteiger charge is 2.04. The van der Waals surface area contributed by atoms with E-state index in [0.717, 1.165) is 17.5 Å². The fourth-order valence-corrected chi connectivity index (χ4v) is 1.56. The van der Waals surface area contributed by atoms with E-state index in [1.54, 1.807) is 17.1 Å². The lowest BCUT2D eigenvalue weighted by Gasteiger charge is -2.02. The van der Waals surface area contributed by atoms with Crippen molar-refractivity contribution < 1.29 is 0 Å². The molecule has 0 fully saturated rings. The minimum atomic E-state index is 0.586. The predicted octanol–water partition coefficient (Wildman–Crippen LogP) is 0.949. The number of nitriles is 1. The quantitative estimate of drug-likeness (QED) is 0.846. The topological polar surface area (TPSA) is 80.5 Å². The Hall–Kier alpha value is -2.19. The van der Waals surface area contributed by atoms with Gasteiger partial charge in [-0.15, -0.1) is 0 Å². The average Bonchev–Trinajstić information content (AvgIpc) is 2.78. The van der Waals surface area contributed by atoms with E-state index in [1.807, 2.05) is 19.2 Å². The Morgan fingerprint density at radius 3 is 2.94 bits per heavy atom. The monoisotopic (exact) mass is 227 g/mol. The van der Waals surface area contributed by atoms with Gasteiger partial charge in [0.1, 0.15) is 6.07 Å².